The molecule has 2 aromatic carbocycles. The zero-order valence-electron chi connectivity index (χ0n) is 15.3. The van der Waals surface area contributed by atoms with Gasteiger partial charge in [0, 0.05) is 23.5 Å². The van der Waals surface area contributed by atoms with Gasteiger partial charge in [-0.05, 0) is 42.7 Å². The molecular weight excluding hydrogens is 420 g/mol. The lowest BCUT2D eigenvalue weighted by Crippen LogP contribution is -2.39. The van der Waals surface area contributed by atoms with Gasteiger partial charge >= 0.3 is 5.69 Å². The Morgan fingerprint density at radius 2 is 1.75 bits per heavy atom. The number of aromatic amines is 1. The molecule has 0 bridgehead atoms. The number of halogens is 1. The Hall–Kier alpha value is -2.67. The van der Waals surface area contributed by atoms with E-state index in [9.17, 15) is 9.59 Å². The van der Waals surface area contributed by atoms with Crippen molar-refractivity contribution in [1.82, 2.24) is 19.7 Å². The van der Waals surface area contributed by atoms with E-state index in [2.05, 4.69) is 26.1 Å². The van der Waals surface area contributed by atoms with E-state index in [0.717, 1.165) is 34.4 Å². The van der Waals surface area contributed by atoms with Gasteiger partial charge in [-0.3, -0.25) is 4.79 Å². The molecule has 0 atom stereocenters. The van der Waals surface area contributed by atoms with Crippen molar-refractivity contribution in [2.45, 2.75) is 25.2 Å². The van der Waals surface area contributed by atoms with Crippen molar-refractivity contribution >= 4 is 21.8 Å². The van der Waals surface area contributed by atoms with Gasteiger partial charge in [0.05, 0.1) is 12.1 Å². The summed E-state index contributed by atoms with van der Waals surface area (Å²) in [5, 5.41) is 6.86. The third kappa shape index (κ3) is 3.94. The molecule has 7 heteroatoms. The maximum Gasteiger partial charge on any atom is 0.347 e. The number of hydrogen-bond acceptors (Lipinski definition) is 3. The van der Waals surface area contributed by atoms with Gasteiger partial charge in [-0.1, -0.05) is 46.3 Å². The smallest absolute Gasteiger partial charge is 0.342 e. The molecular formula is C21H21BrN4O2. The van der Waals surface area contributed by atoms with Crippen molar-refractivity contribution in [3.63, 3.8) is 0 Å². The largest absolute Gasteiger partial charge is 0.347 e. The van der Waals surface area contributed by atoms with Crippen LogP contribution in [0.2, 0.25) is 0 Å². The third-order valence-electron chi connectivity index (χ3n) is 5.19. The molecule has 0 aliphatic carbocycles. The Bertz CT molecular complexity index is 1000. The van der Waals surface area contributed by atoms with Gasteiger partial charge < -0.3 is 4.90 Å². The summed E-state index contributed by atoms with van der Waals surface area (Å²) < 4.78 is 2.65. The lowest BCUT2D eigenvalue weighted by atomic mass is 9.95. The lowest BCUT2D eigenvalue weighted by molar-refractivity contribution is -0.131. The molecule has 2 heterocycles. The summed E-state index contributed by atoms with van der Waals surface area (Å²) in [6.07, 6.45) is 2.00. The average molecular weight is 441 g/mol. The van der Waals surface area contributed by atoms with Crippen molar-refractivity contribution in [3.8, 4) is 5.69 Å². The number of aromatic nitrogens is 3. The summed E-state index contributed by atoms with van der Waals surface area (Å²) in [4.78, 5) is 26.8. The van der Waals surface area contributed by atoms with Crippen molar-refractivity contribution in [3.05, 3.63) is 80.9 Å². The minimum atomic E-state index is -0.227. The van der Waals surface area contributed by atoms with Crippen LogP contribution in [-0.2, 0) is 11.2 Å². The van der Waals surface area contributed by atoms with E-state index in [1.54, 1.807) is 4.57 Å². The number of piperidine rings is 1. The molecule has 1 fully saturated rings. The van der Waals surface area contributed by atoms with Crippen LogP contribution in [0.4, 0.5) is 0 Å². The summed E-state index contributed by atoms with van der Waals surface area (Å²) in [5.74, 6) is 1.04. The molecule has 1 aliphatic rings. The highest BCUT2D eigenvalue weighted by molar-refractivity contribution is 9.10. The van der Waals surface area contributed by atoms with Gasteiger partial charge in [0.15, 0.2) is 0 Å². The number of rotatable bonds is 4. The van der Waals surface area contributed by atoms with E-state index in [1.807, 2.05) is 59.5 Å². The predicted octanol–water partition coefficient (Wildman–Crippen LogP) is 3.27. The van der Waals surface area contributed by atoms with E-state index < -0.39 is 0 Å². The molecule has 1 saturated heterocycles. The Labute approximate surface area is 171 Å². The summed E-state index contributed by atoms with van der Waals surface area (Å²) in [6.45, 7) is 1.35. The number of nitrogens with one attached hydrogen (secondary N) is 1. The van der Waals surface area contributed by atoms with Crippen molar-refractivity contribution in [2.24, 2.45) is 0 Å². The summed E-state index contributed by atoms with van der Waals surface area (Å²) in [6, 6.07) is 17.4. The number of para-hydroxylation sites is 1. The molecule has 0 radical (unpaired) electrons. The Balaban J connectivity index is 1.43. The summed E-state index contributed by atoms with van der Waals surface area (Å²) in [5.41, 5.74) is 1.60. The van der Waals surface area contributed by atoms with Crippen LogP contribution in [0.25, 0.3) is 5.69 Å². The molecule has 28 heavy (non-hydrogen) atoms. The minimum Gasteiger partial charge on any atom is -0.342 e. The third-order valence-corrected chi connectivity index (χ3v) is 5.72. The van der Waals surface area contributed by atoms with Crippen molar-refractivity contribution in [2.75, 3.05) is 13.1 Å². The normalized spacial score (nSPS) is 15.0. The van der Waals surface area contributed by atoms with Crippen LogP contribution in [-0.4, -0.2) is 38.7 Å². The van der Waals surface area contributed by atoms with Gasteiger partial charge in [-0.25, -0.2) is 14.5 Å². The number of likely N-dealkylation sites (tertiary alicyclic amines) is 1. The van der Waals surface area contributed by atoms with E-state index in [4.69, 9.17) is 0 Å². The minimum absolute atomic E-state index is 0.142. The first kappa shape index (κ1) is 18.7. The first-order valence-electron chi connectivity index (χ1n) is 9.37. The molecule has 1 amide bonds. The molecule has 0 saturated carbocycles. The molecule has 1 aromatic heterocycles. The van der Waals surface area contributed by atoms with E-state index in [1.165, 1.54) is 0 Å². The Morgan fingerprint density at radius 3 is 2.43 bits per heavy atom. The maximum absolute atomic E-state index is 12.6. The van der Waals surface area contributed by atoms with Gasteiger partial charge in [0.1, 0.15) is 5.82 Å². The van der Waals surface area contributed by atoms with E-state index in [0.29, 0.717) is 19.5 Å². The number of carbonyl (C=O) groups excluding carboxylic acids is 1. The predicted molar refractivity (Wildman–Crippen MR) is 111 cm³/mol. The maximum atomic E-state index is 12.6. The second-order valence-electron chi connectivity index (χ2n) is 7.02. The van der Waals surface area contributed by atoms with Crippen LogP contribution < -0.4 is 5.69 Å². The molecule has 6 nitrogen and oxygen atoms in total. The van der Waals surface area contributed by atoms with Crippen LogP contribution >= 0.6 is 15.9 Å². The van der Waals surface area contributed by atoms with E-state index >= 15 is 0 Å². The number of carbonyl (C=O) groups is 1. The van der Waals surface area contributed by atoms with Gasteiger partial charge in [0.25, 0.3) is 0 Å². The molecule has 4 rings (SSSR count). The highest BCUT2D eigenvalue weighted by Crippen LogP contribution is 2.27. The number of benzene rings is 2. The van der Waals surface area contributed by atoms with Crippen LogP contribution in [0.1, 0.15) is 30.1 Å². The average Bonchev–Trinajstić information content (AvgIpc) is 3.12. The van der Waals surface area contributed by atoms with Gasteiger partial charge in [0.2, 0.25) is 5.91 Å². The first-order valence-corrected chi connectivity index (χ1v) is 10.2. The molecule has 1 N–H and O–H groups in total. The summed E-state index contributed by atoms with van der Waals surface area (Å²) >= 11 is 3.41. The quantitative estimate of drug-likeness (QED) is 0.676. The zero-order chi connectivity index (χ0) is 19.5. The van der Waals surface area contributed by atoms with Crippen LogP contribution in [0.5, 0.6) is 0 Å². The van der Waals surface area contributed by atoms with Gasteiger partial charge in [-0.2, -0.15) is 5.10 Å². The molecule has 3 aromatic rings. The second-order valence-corrected chi connectivity index (χ2v) is 7.93. The Kier molecular flexibility index (Phi) is 5.43. The molecule has 0 spiro atoms. The fraction of sp³-hybridized carbons (Fsp3) is 0.286. The topological polar surface area (TPSA) is 71.0 Å². The number of H-pyrrole nitrogens is 1. The lowest BCUT2D eigenvalue weighted by Gasteiger charge is -2.31. The highest BCUT2D eigenvalue weighted by Gasteiger charge is 2.28. The summed E-state index contributed by atoms with van der Waals surface area (Å²) in [7, 11) is 0. The molecule has 0 unspecified atom stereocenters. The number of nitrogens with zero attached hydrogens (tertiary/aromatic N) is 3. The first-order chi connectivity index (χ1) is 13.6. The fourth-order valence-corrected chi connectivity index (χ4v) is 3.95. The fourth-order valence-electron chi connectivity index (χ4n) is 3.69. The molecule has 1 aliphatic heterocycles. The zero-order valence-corrected chi connectivity index (χ0v) is 16.9. The Morgan fingerprint density at radius 1 is 1.07 bits per heavy atom. The van der Waals surface area contributed by atoms with Crippen LogP contribution in [0.3, 0.4) is 0 Å². The van der Waals surface area contributed by atoms with Crippen molar-refractivity contribution in [1.29, 1.82) is 0 Å². The van der Waals surface area contributed by atoms with Crippen LogP contribution in [0.15, 0.2) is 63.9 Å². The number of amides is 1. The number of hydrogen-bond donors (Lipinski definition) is 1. The van der Waals surface area contributed by atoms with Crippen molar-refractivity contribution < 1.29 is 4.79 Å². The standard InChI is InChI=1S/C21H21BrN4O2/c22-17-8-6-15(7-9-17)14-19(27)25-12-10-16(11-13-25)20-23-24-21(28)26(20)18-4-2-1-3-5-18/h1-9,16H,10-14H2,(H,24,28). The van der Waals surface area contributed by atoms with Crippen LogP contribution in [0, 0.1) is 0 Å². The highest BCUT2D eigenvalue weighted by atomic mass is 79.9. The molecule has 144 valence electrons. The SMILES string of the molecule is O=C(Cc1ccc(Br)cc1)N1CCC(c2n[nH]c(=O)n2-c2ccccc2)CC1. The second kappa shape index (κ2) is 8.14. The van der Waals surface area contributed by atoms with Gasteiger partial charge in [-0.15, -0.1) is 0 Å². The monoisotopic (exact) mass is 440 g/mol. The van der Waals surface area contributed by atoms with E-state index in [-0.39, 0.29) is 17.5 Å².